The molecule has 3 rings (SSSR count). The molecule has 1 amide bonds. The van der Waals surface area contributed by atoms with E-state index in [0.29, 0.717) is 23.3 Å². The van der Waals surface area contributed by atoms with E-state index in [1.165, 1.54) is 17.3 Å². The Hall–Kier alpha value is -2.51. The number of aromatic nitrogens is 3. The van der Waals surface area contributed by atoms with Gasteiger partial charge in [-0.1, -0.05) is 42.4 Å². The van der Waals surface area contributed by atoms with Crippen LogP contribution in [0.3, 0.4) is 0 Å². The molecule has 30 heavy (non-hydrogen) atoms. The van der Waals surface area contributed by atoms with Crippen molar-refractivity contribution in [2.24, 2.45) is 0 Å². The van der Waals surface area contributed by atoms with Gasteiger partial charge in [0.05, 0.1) is 5.75 Å². The Kier molecular flexibility index (Phi) is 7.76. The van der Waals surface area contributed by atoms with Crippen molar-refractivity contribution < 1.29 is 9.53 Å². The van der Waals surface area contributed by atoms with Crippen LogP contribution in [0.5, 0.6) is 5.75 Å². The first-order valence-corrected chi connectivity index (χ1v) is 11.2. The van der Waals surface area contributed by atoms with Gasteiger partial charge in [0, 0.05) is 17.3 Å². The molecule has 0 aliphatic carbocycles. The van der Waals surface area contributed by atoms with Crippen molar-refractivity contribution in [3.63, 3.8) is 0 Å². The molecule has 158 valence electrons. The summed E-state index contributed by atoms with van der Waals surface area (Å²) in [6.45, 7) is 7.06. The van der Waals surface area contributed by atoms with E-state index in [-0.39, 0.29) is 11.7 Å². The van der Waals surface area contributed by atoms with Gasteiger partial charge in [-0.25, -0.2) is 0 Å². The lowest BCUT2D eigenvalue weighted by atomic mass is 10.2. The summed E-state index contributed by atoms with van der Waals surface area (Å²) in [4.78, 5) is 12.3. The number of ether oxygens (including phenoxy) is 1. The third-order valence-electron chi connectivity index (χ3n) is 4.60. The minimum Gasteiger partial charge on any atom is -0.486 e. The van der Waals surface area contributed by atoms with Crippen LogP contribution >= 0.6 is 23.4 Å². The lowest BCUT2D eigenvalue weighted by Crippen LogP contribution is -2.15. The summed E-state index contributed by atoms with van der Waals surface area (Å²) < 4.78 is 7.82. The molecule has 0 aliphatic heterocycles. The predicted octanol–water partition coefficient (Wildman–Crippen LogP) is 5.13. The van der Waals surface area contributed by atoms with Crippen molar-refractivity contribution in [1.82, 2.24) is 14.8 Å². The predicted molar refractivity (Wildman–Crippen MR) is 121 cm³/mol. The summed E-state index contributed by atoms with van der Waals surface area (Å²) in [5, 5.41) is 12.7. The Labute approximate surface area is 186 Å². The summed E-state index contributed by atoms with van der Waals surface area (Å²) in [5.74, 6) is 1.66. The third-order valence-corrected chi connectivity index (χ3v) is 5.81. The largest absolute Gasteiger partial charge is 0.486 e. The van der Waals surface area contributed by atoms with Gasteiger partial charge in [0.2, 0.25) is 5.91 Å². The zero-order valence-electron chi connectivity index (χ0n) is 17.3. The normalized spacial score (nSPS) is 10.8. The molecule has 1 heterocycles. The van der Waals surface area contributed by atoms with Crippen LogP contribution in [0, 0.1) is 6.92 Å². The smallest absolute Gasteiger partial charge is 0.234 e. The Morgan fingerprint density at radius 1 is 1.17 bits per heavy atom. The average molecular weight is 445 g/mol. The van der Waals surface area contributed by atoms with E-state index < -0.39 is 0 Å². The lowest BCUT2D eigenvalue weighted by Gasteiger charge is -2.10. The van der Waals surface area contributed by atoms with Crippen LogP contribution in [0.4, 0.5) is 5.69 Å². The van der Waals surface area contributed by atoms with Crippen LogP contribution in [0.25, 0.3) is 0 Å². The van der Waals surface area contributed by atoms with Crippen LogP contribution in [0.15, 0.2) is 47.6 Å². The van der Waals surface area contributed by atoms with E-state index >= 15 is 0 Å². The standard InChI is InChI=1S/C22H25ClN4O2S/c1-4-16-6-9-18(10-7-16)29-13-20-25-26-22(27(20)5-2)30-14-21(28)24-19-11-8-17(23)12-15(19)3/h6-12H,4-5,13-14H2,1-3H3,(H,24,28). The third kappa shape index (κ3) is 5.77. The van der Waals surface area contributed by atoms with Crippen LogP contribution in [0.1, 0.15) is 30.8 Å². The molecule has 0 bridgehead atoms. The first-order chi connectivity index (χ1) is 14.5. The highest BCUT2D eigenvalue weighted by molar-refractivity contribution is 7.99. The molecule has 3 aromatic rings. The maximum absolute atomic E-state index is 12.3. The van der Waals surface area contributed by atoms with Gasteiger partial charge < -0.3 is 14.6 Å². The van der Waals surface area contributed by atoms with Crippen molar-refractivity contribution in [1.29, 1.82) is 0 Å². The van der Waals surface area contributed by atoms with Crippen LogP contribution < -0.4 is 10.1 Å². The number of hydrogen-bond donors (Lipinski definition) is 1. The second kappa shape index (κ2) is 10.5. The van der Waals surface area contributed by atoms with E-state index in [9.17, 15) is 4.79 Å². The SMILES string of the molecule is CCc1ccc(OCc2nnc(SCC(=O)Nc3ccc(Cl)cc3C)n2CC)cc1. The van der Waals surface area contributed by atoms with Crippen molar-refractivity contribution in [2.45, 2.75) is 45.5 Å². The molecule has 1 aromatic heterocycles. The molecule has 0 aliphatic rings. The zero-order chi connectivity index (χ0) is 21.5. The summed E-state index contributed by atoms with van der Waals surface area (Å²) in [5.41, 5.74) is 2.94. The number of benzene rings is 2. The number of carbonyl (C=O) groups excluding carboxylic acids is 1. The van der Waals surface area contributed by atoms with Crippen LogP contribution in [0.2, 0.25) is 5.02 Å². The van der Waals surface area contributed by atoms with E-state index in [0.717, 1.165) is 29.2 Å². The first kappa shape index (κ1) is 22.2. The minimum atomic E-state index is -0.107. The number of amides is 1. The summed E-state index contributed by atoms with van der Waals surface area (Å²) in [6.07, 6.45) is 0.996. The first-order valence-electron chi connectivity index (χ1n) is 9.82. The molecule has 0 fully saturated rings. The number of nitrogens with zero attached hydrogens (tertiary/aromatic N) is 3. The fraction of sp³-hybridized carbons (Fsp3) is 0.318. The number of rotatable bonds is 9. The molecule has 2 aromatic carbocycles. The molecule has 0 unspecified atom stereocenters. The van der Waals surface area contributed by atoms with Crippen molar-refractivity contribution in [3.8, 4) is 5.75 Å². The number of anilines is 1. The van der Waals surface area contributed by atoms with Gasteiger partial charge in [-0.05, 0) is 61.7 Å². The van der Waals surface area contributed by atoms with Crippen LogP contribution in [-0.2, 0) is 24.4 Å². The van der Waals surface area contributed by atoms with Crippen LogP contribution in [-0.4, -0.2) is 26.4 Å². The summed E-state index contributed by atoms with van der Waals surface area (Å²) in [7, 11) is 0. The topological polar surface area (TPSA) is 69.0 Å². The Morgan fingerprint density at radius 2 is 1.93 bits per heavy atom. The summed E-state index contributed by atoms with van der Waals surface area (Å²) in [6, 6.07) is 13.4. The van der Waals surface area contributed by atoms with E-state index in [4.69, 9.17) is 16.3 Å². The molecule has 0 spiro atoms. The Morgan fingerprint density at radius 3 is 2.60 bits per heavy atom. The molecule has 0 saturated heterocycles. The lowest BCUT2D eigenvalue weighted by molar-refractivity contribution is -0.113. The zero-order valence-corrected chi connectivity index (χ0v) is 18.9. The van der Waals surface area contributed by atoms with Crippen molar-refractivity contribution in [3.05, 3.63) is 64.4 Å². The maximum atomic E-state index is 12.3. The highest BCUT2D eigenvalue weighted by Crippen LogP contribution is 2.22. The Bertz CT molecular complexity index is 1000. The van der Waals surface area contributed by atoms with E-state index in [2.05, 4.69) is 34.6 Å². The Balaban J connectivity index is 1.57. The molecule has 0 radical (unpaired) electrons. The number of aryl methyl sites for hydroxylation is 2. The minimum absolute atomic E-state index is 0.107. The molecule has 0 atom stereocenters. The molecule has 8 heteroatoms. The van der Waals surface area contributed by atoms with Crippen molar-refractivity contribution >= 4 is 35.0 Å². The van der Waals surface area contributed by atoms with Gasteiger partial charge in [0.1, 0.15) is 12.4 Å². The number of carbonyl (C=O) groups is 1. The van der Waals surface area contributed by atoms with Gasteiger partial charge in [0.15, 0.2) is 11.0 Å². The quantitative estimate of drug-likeness (QED) is 0.463. The van der Waals surface area contributed by atoms with Gasteiger partial charge in [0.25, 0.3) is 0 Å². The van der Waals surface area contributed by atoms with Gasteiger partial charge in [-0.15, -0.1) is 10.2 Å². The monoisotopic (exact) mass is 444 g/mol. The fourth-order valence-electron chi connectivity index (χ4n) is 2.90. The maximum Gasteiger partial charge on any atom is 0.234 e. The number of thioether (sulfide) groups is 1. The number of nitrogens with one attached hydrogen (secondary N) is 1. The number of halogens is 1. The van der Waals surface area contributed by atoms with E-state index in [1.807, 2.05) is 36.6 Å². The van der Waals surface area contributed by atoms with Gasteiger partial charge >= 0.3 is 0 Å². The molecule has 0 saturated carbocycles. The van der Waals surface area contributed by atoms with Gasteiger partial charge in [-0.2, -0.15) is 0 Å². The average Bonchev–Trinajstić information content (AvgIpc) is 3.15. The van der Waals surface area contributed by atoms with Gasteiger partial charge in [-0.3, -0.25) is 4.79 Å². The summed E-state index contributed by atoms with van der Waals surface area (Å²) >= 11 is 7.31. The second-order valence-corrected chi connectivity index (χ2v) is 8.10. The van der Waals surface area contributed by atoms with Crippen molar-refractivity contribution in [2.75, 3.05) is 11.1 Å². The van der Waals surface area contributed by atoms with E-state index in [1.54, 1.807) is 12.1 Å². The second-order valence-electron chi connectivity index (χ2n) is 6.73. The molecular formula is C22H25ClN4O2S. The number of hydrogen-bond acceptors (Lipinski definition) is 5. The molecule has 6 nitrogen and oxygen atoms in total. The fourth-order valence-corrected chi connectivity index (χ4v) is 3.95. The molecular weight excluding hydrogens is 420 g/mol. The highest BCUT2D eigenvalue weighted by Gasteiger charge is 2.14. The molecule has 1 N–H and O–H groups in total. The highest BCUT2D eigenvalue weighted by atomic mass is 35.5.